The van der Waals surface area contributed by atoms with Crippen molar-refractivity contribution in [2.75, 3.05) is 0 Å². The average molecular weight is 187 g/mol. The van der Waals surface area contributed by atoms with Gasteiger partial charge in [0.15, 0.2) is 0 Å². The predicted octanol–water partition coefficient (Wildman–Crippen LogP) is 1.42. The zero-order chi connectivity index (χ0) is 8.41. The summed E-state index contributed by atoms with van der Waals surface area (Å²) in [5.41, 5.74) is 0. The summed E-state index contributed by atoms with van der Waals surface area (Å²) in [5, 5.41) is 7.97. The van der Waals surface area contributed by atoms with Crippen molar-refractivity contribution in [3.63, 3.8) is 0 Å². The van der Waals surface area contributed by atoms with Crippen molar-refractivity contribution in [3.8, 4) is 0 Å². The maximum absolute atomic E-state index is 8.47. The molecule has 61 valence electrons. The standard InChI is InChI=1S/C5H12O2.2O.V/c1-3-4-5(2)7-6;;;/h5-6H,3-4H2,1-2H3;;;. The molecule has 0 aliphatic rings. The fraction of sp³-hybridized carbons (Fsp3) is 1.00. The Labute approximate surface area is 67.0 Å². The summed E-state index contributed by atoms with van der Waals surface area (Å²) in [6.45, 7) is 3.89. The van der Waals surface area contributed by atoms with Gasteiger partial charge >= 0.3 is 23.5 Å². The molecule has 0 heterocycles. The molecule has 0 aromatic carbocycles. The first kappa shape index (κ1) is 12.8. The van der Waals surface area contributed by atoms with Crippen molar-refractivity contribution in [3.05, 3.63) is 0 Å². The van der Waals surface area contributed by atoms with Crippen molar-refractivity contribution in [2.45, 2.75) is 32.8 Å². The monoisotopic (exact) mass is 187 g/mol. The molecule has 0 aromatic rings. The van der Waals surface area contributed by atoms with Gasteiger partial charge in [-0.05, 0) is 13.3 Å². The van der Waals surface area contributed by atoms with E-state index in [1.165, 1.54) is 0 Å². The second kappa shape index (κ2) is 11.8. The van der Waals surface area contributed by atoms with E-state index in [0.717, 1.165) is 12.8 Å². The topological polar surface area (TPSA) is 63.6 Å². The summed E-state index contributed by atoms with van der Waals surface area (Å²) in [5.74, 6) is 0. The Morgan fingerprint density at radius 2 is 2.00 bits per heavy atom. The van der Waals surface area contributed by atoms with Crippen LogP contribution in [0, 0.1) is 0 Å². The van der Waals surface area contributed by atoms with Crippen LogP contribution in [0.4, 0.5) is 0 Å². The minimum absolute atomic E-state index is 0.00463. The summed E-state index contributed by atoms with van der Waals surface area (Å²) in [7, 11) is 0. The molecule has 1 unspecified atom stereocenters. The van der Waals surface area contributed by atoms with Crippen LogP contribution in [0.3, 0.4) is 0 Å². The third-order valence-corrected chi connectivity index (χ3v) is 0.875. The van der Waals surface area contributed by atoms with Crippen LogP contribution in [0.2, 0.25) is 0 Å². The quantitative estimate of drug-likeness (QED) is 0.536. The first-order valence-corrected chi connectivity index (χ1v) is 4.12. The van der Waals surface area contributed by atoms with E-state index in [1.54, 1.807) is 0 Å². The maximum atomic E-state index is 8.47. The Bertz CT molecular complexity index is 89.6. The molecule has 0 bridgehead atoms. The van der Waals surface area contributed by atoms with Crippen LogP contribution >= 0.6 is 0 Å². The third-order valence-electron chi connectivity index (χ3n) is 0.875. The van der Waals surface area contributed by atoms with E-state index in [4.69, 9.17) is 12.6 Å². The molecule has 0 saturated heterocycles. The third kappa shape index (κ3) is 15.7. The second-order valence-corrected chi connectivity index (χ2v) is 2.01. The van der Waals surface area contributed by atoms with Crippen LogP contribution < -0.4 is 0 Å². The molecular weight excluding hydrogens is 175 g/mol. The van der Waals surface area contributed by atoms with Crippen LogP contribution in [0.1, 0.15) is 26.7 Å². The van der Waals surface area contributed by atoms with Gasteiger partial charge in [0.05, 0.1) is 6.10 Å². The molecule has 0 saturated carbocycles. The molecule has 0 amide bonds. The molecule has 10 heavy (non-hydrogen) atoms. The Hall–Kier alpha value is 0.104. The van der Waals surface area contributed by atoms with Gasteiger partial charge in [0.25, 0.3) is 0 Å². The van der Waals surface area contributed by atoms with E-state index in [0.29, 0.717) is 0 Å². The van der Waals surface area contributed by atoms with Crippen molar-refractivity contribution >= 4 is 0 Å². The van der Waals surface area contributed by atoms with E-state index >= 15 is 0 Å². The molecular formula is C5H12O4V. The Morgan fingerprint density at radius 3 is 2.10 bits per heavy atom. The normalized spacial score (nSPS) is 10.7. The first-order valence-electron chi connectivity index (χ1n) is 2.98. The molecule has 0 fully saturated rings. The Morgan fingerprint density at radius 1 is 1.60 bits per heavy atom. The van der Waals surface area contributed by atoms with Gasteiger partial charge in [-0.25, -0.2) is 4.89 Å². The molecule has 0 rings (SSSR count). The van der Waals surface area contributed by atoms with Crippen LogP contribution in [0.5, 0.6) is 0 Å². The minimum atomic E-state index is -1.81. The second-order valence-electron chi connectivity index (χ2n) is 1.78. The van der Waals surface area contributed by atoms with Crippen molar-refractivity contribution in [1.82, 2.24) is 0 Å². The molecule has 0 radical (unpaired) electrons. The van der Waals surface area contributed by atoms with Gasteiger partial charge < -0.3 is 0 Å². The number of rotatable bonds is 3. The van der Waals surface area contributed by atoms with Crippen LogP contribution in [0.25, 0.3) is 0 Å². The van der Waals surface area contributed by atoms with E-state index in [-0.39, 0.29) is 6.10 Å². The Kier molecular flexibility index (Phi) is 15.1. The molecule has 0 aliphatic carbocycles. The van der Waals surface area contributed by atoms with Crippen LogP contribution in [-0.2, 0) is 28.4 Å². The van der Waals surface area contributed by atoms with E-state index < -0.39 is 16.2 Å². The zero-order valence-corrected chi connectivity index (χ0v) is 7.51. The summed E-state index contributed by atoms with van der Waals surface area (Å²) in [6.07, 6.45) is 1.99. The Balaban J connectivity index is 0. The number of hydrogen-bond donors (Lipinski definition) is 1. The predicted molar refractivity (Wildman–Crippen MR) is 29.5 cm³/mol. The summed E-state index contributed by atoms with van der Waals surface area (Å²) in [6, 6.07) is 0. The van der Waals surface area contributed by atoms with Gasteiger partial charge in [-0.15, -0.1) is 0 Å². The molecule has 0 spiro atoms. The van der Waals surface area contributed by atoms with Gasteiger partial charge in [0.2, 0.25) is 0 Å². The van der Waals surface area contributed by atoms with Gasteiger partial charge in [-0.3, -0.25) is 5.26 Å². The fourth-order valence-corrected chi connectivity index (χ4v) is 0.459. The molecule has 0 aliphatic heterocycles. The molecule has 5 heteroatoms. The molecule has 4 nitrogen and oxygen atoms in total. The summed E-state index contributed by atoms with van der Waals surface area (Å²) < 4.78 is 16.9. The van der Waals surface area contributed by atoms with Crippen molar-refractivity contribution in [1.29, 1.82) is 0 Å². The van der Waals surface area contributed by atoms with Crippen LogP contribution in [0.15, 0.2) is 0 Å². The average Bonchev–Trinajstić information content (AvgIpc) is 1.90. The molecule has 1 N–H and O–H groups in total. The fourth-order valence-electron chi connectivity index (χ4n) is 0.459. The van der Waals surface area contributed by atoms with E-state index in [9.17, 15) is 0 Å². The SMILES string of the molecule is CCCC(C)OO.[O]=[V]=[O]. The number of hydrogen-bond acceptors (Lipinski definition) is 4. The molecule has 1 atom stereocenters. The zero-order valence-electron chi connectivity index (χ0n) is 6.11. The van der Waals surface area contributed by atoms with Gasteiger partial charge in [-0.1, -0.05) is 13.3 Å². The first-order chi connectivity index (χ1) is 4.72. The van der Waals surface area contributed by atoms with Crippen molar-refractivity contribution < 1.29 is 33.7 Å². The van der Waals surface area contributed by atoms with Gasteiger partial charge in [0.1, 0.15) is 0 Å². The summed E-state index contributed by atoms with van der Waals surface area (Å²) in [4.78, 5) is 3.99. The van der Waals surface area contributed by atoms with Crippen molar-refractivity contribution in [2.24, 2.45) is 0 Å². The van der Waals surface area contributed by atoms with E-state index in [1.807, 2.05) is 6.92 Å². The molecule has 0 aromatic heterocycles. The van der Waals surface area contributed by atoms with Crippen LogP contribution in [-0.4, -0.2) is 11.4 Å². The van der Waals surface area contributed by atoms with E-state index in [2.05, 4.69) is 11.8 Å². The van der Waals surface area contributed by atoms with Gasteiger partial charge in [0, 0.05) is 0 Å². The summed E-state index contributed by atoms with van der Waals surface area (Å²) >= 11 is -1.81. The van der Waals surface area contributed by atoms with Gasteiger partial charge in [-0.2, -0.15) is 0 Å².